The average molecular weight is 302 g/mol. The van der Waals surface area contributed by atoms with Crippen LogP contribution >= 0.6 is 0 Å². The summed E-state index contributed by atoms with van der Waals surface area (Å²) in [4.78, 5) is 26.7. The van der Waals surface area contributed by atoms with E-state index in [-0.39, 0.29) is 17.7 Å². The molecule has 3 heterocycles. The molecule has 116 valence electrons. The van der Waals surface area contributed by atoms with E-state index in [2.05, 4.69) is 15.0 Å². The van der Waals surface area contributed by atoms with E-state index in [1.807, 2.05) is 6.92 Å². The third-order valence-electron chi connectivity index (χ3n) is 3.83. The summed E-state index contributed by atoms with van der Waals surface area (Å²) in [5.74, 6) is 0.129. The summed E-state index contributed by atoms with van der Waals surface area (Å²) in [6.07, 6.45) is 7.63. The molecule has 0 aromatic carbocycles. The second kappa shape index (κ2) is 6.65. The highest BCUT2D eigenvalue weighted by molar-refractivity contribution is 5.91. The molecule has 1 amide bonds. The van der Waals surface area contributed by atoms with Crippen LogP contribution in [0, 0.1) is 6.92 Å². The maximum atomic E-state index is 12.5. The molecule has 3 rings (SSSR count). The number of ether oxygens (including phenoxy) is 1. The van der Waals surface area contributed by atoms with E-state index in [1.165, 1.54) is 12.6 Å². The Kier molecular flexibility index (Phi) is 4.43. The van der Waals surface area contributed by atoms with Crippen molar-refractivity contribution in [2.24, 2.45) is 0 Å². The van der Waals surface area contributed by atoms with Gasteiger partial charge >= 0.3 is 0 Å². The van der Waals surface area contributed by atoms with Gasteiger partial charge in [-0.15, -0.1) is 0 Å². The molecule has 0 saturated carbocycles. The topological polar surface area (TPSA) is 81.4 Å². The van der Waals surface area contributed by atoms with Crippen LogP contribution in [0.25, 0.3) is 0 Å². The highest BCUT2D eigenvalue weighted by atomic mass is 16.5. The summed E-state index contributed by atoms with van der Waals surface area (Å²) in [6.45, 7) is 3.57. The molecule has 0 spiro atoms. The highest BCUT2D eigenvalue weighted by Crippen LogP contribution is 2.17. The fourth-order valence-electron chi connectivity index (χ4n) is 2.61. The van der Waals surface area contributed by atoms with Gasteiger partial charge in [0.15, 0.2) is 6.39 Å². The largest absolute Gasteiger partial charge is 0.438 e. The number of hydrogen-bond donors (Lipinski definition) is 0. The molecule has 0 radical (unpaired) electrons. The molecular formula is C15H18N4O3. The van der Waals surface area contributed by atoms with Gasteiger partial charge < -0.3 is 14.1 Å². The molecule has 0 aliphatic carbocycles. The number of aryl methyl sites for hydroxylation is 2. The van der Waals surface area contributed by atoms with Crippen molar-refractivity contribution in [3.63, 3.8) is 0 Å². The smallest absolute Gasteiger partial charge is 0.291 e. The minimum absolute atomic E-state index is 0.00718. The van der Waals surface area contributed by atoms with Crippen molar-refractivity contribution in [3.05, 3.63) is 42.1 Å². The van der Waals surface area contributed by atoms with Crippen LogP contribution in [-0.2, 0) is 11.2 Å². The maximum Gasteiger partial charge on any atom is 0.291 e. The van der Waals surface area contributed by atoms with Gasteiger partial charge in [0.2, 0.25) is 5.76 Å². The predicted molar refractivity (Wildman–Crippen MR) is 77.2 cm³/mol. The van der Waals surface area contributed by atoms with Gasteiger partial charge in [-0.3, -0.25) is 14.8 Å². The predicted octanol–water partition coefficient (Wildman–Crippen LogP) is 1.25. The molecule has 22 heavy (non-hydrogen) atoms. The van der Waals surface area contributed by atoms with Crippen LogP contribution in [0.1, 0.15) is 28.4 Å². The molecule has 7 heteroatoms. The Balaban J connectivity index is 1.68. The summed E-state index contributed by atoms with van der Waals surface area (Å²) < 4.78 is 10.6. The third-order valence-corrected chi connectivity index (χ3v) is 3.83. The first kappa shape index (κ1) is 14.6. The van der Waals surface area contributed by atoms with Gasteiger partial charge in [-0.25, -0.2) is 4.98 Å². The van der Waals surface area contributed by atoms with E-state index in [9.17, 15) is 4.79 Å². The van der Waals surface area contributed by atoms with E-state index < -0.39 is 0 Å². The molecule has 2 aromatic rings. The van der Waals surface area contributed by atoms with E-state index in [1.54, 1.807) is 17.3 Å². The molecule has 7 nitrogen and oxygen atoms in total. The minimum atomic E-state index is -0.137. The van der Waals surface area contributed by atoms with Crippen LogP contribution in [0.3, 0.4) is 0 Å². The van der Waals surface area contributed by atoms with E-state index in [0.717, 1.165) is 24.2 Å². The van der Waals surface area contributed by atoms with E-state index in [4.69, 9.17) is 9.15 Å². The van der Waals surface area contributed by atoms with Crippen LogP contribution in [0.2, 0.25) is 0 Å². The van der Waals surface area contributed by atoms with Crippen molar-refractivity contribution < 1.29 is 13.9 Å². The summed E-state index contributed by atoms with van der Waals surface area (Å²) >= 11 is 0. The van der Waals surface area contributed by atoms with Gasteiger partial charge in [0.05, 0.1) is 36.8 Å². The first-order valence-corrected chi connectivity index (χ1v) is 7.29. The summed E-state index contributed by atoms with van der Waals surface area (Å²) in [5, 5.41) is 0. The lowest BCUT2D eigenvalue weighted by Gasteiger charge is -2.35. The molecule has 0 bridgehead atoms. The van der Waals surface area contributed by atoms with Crippen LogP contribution in [0.4, 0.5) is 0 Å². The van der Waals surface area contributed by atoms with Crippen molar-refractivity contribution in [2.75, 3.05) is 19.8 Å². The molecular weight excluding hydrogens is 284 g/mol. The summed E-state index contributed by atoms with van der Waals surface area (Å²) in [6, 6.07) is 0.00718. The Hall–Kier alpha value is -2.28. The Bertz CT molecular complexity index is 629. The van der Waals surface area contributed by atoms with Gasteiger partial charge in [-0.1, -0.05) is 0 Å². The fraction of sp³-hybridized carbons (Fsp3) is 0.467. The minimum Gasteiger partial charge on any atom is -0.438 e. The lowest BCUT2D eigenvalue weighted by atomic mass is 10.1. The number of morpholine rings is 1. The molecule has 0 N–H and O–H groups in total. The third kappa shape index (κ3) is 3.14. The van der Waals surface area contributed by atoms with Crippen LogP contribution in [0.5, 0.6) is 0 Å². The number of carbonyl (C=O) groups is 1. The number of rotatable bonds is 4. The van der Waals surface area contributed by atoms with Gasteiger partial charge in [-0.05, 0) is 19.8 Å². The Morgan fingerprint density at radius 3 is 3.05 bits per heavy atom. The zero-order valence-corrected chi connectivity index (χ0v) is 12.4. The number of carbonyl (C=O) groups excluding carboxylic acids is 1. The molecule has 1 aliphatic heterocycles. The number of aromatic nitrogens is 3. The van der Waals surface area contributed by atoms with E-state index >= 15 is 0 Å². The molecule has 1 aliphatic rings. The number of nitrogens with zero attached hydrogens (tertiary/aromatic N) is 4. The maximum absolute atomic E-state index is 12.5. The van der Waals surface area contributed by atoms with Gasteiger partial charge in [0.1, 0.15) is 0 Å². The van der Waals surface area contributed by atoms with Crippen molar-refractivity contribution in [1.82, 2.24) is 19.9 Å². The Morgan fingerprint density at radius 1 is 1.41 bits per heavy atom. The lowest BCUT2D eigenvalue weighted by molar-refractivity contribution is -0.00566. The van der Waals surface area contributed by atoms with Gasteiger partial charge in [-0.2, -0.15) is 0 Å². The number of hydrogen-bond acceptors (Lipinski definition) is 6. The van der Waals surface area contributed by atoms with Crippen LogP contribution < -0.4 is 0 Å². The van der Waals surface area contributed by atoms with Crippen LogP contribution in [0.15, 0.2) is 29.4 Å². The number of amides is 1. The quantitative estimate of drug-likeness (QED) is 0.845. The standard InChI is InChI=1S/C15H18N4O3/c1-11-13(18-5-4-17-11)3-2-12-9-21-7-6-19(12)15(20)14-8-16-10-22-14/h4-5,8,10,12H,2-3,6-7,9H2,1H3/t12-/m1/s1. The molecule has 1 saturated heterocycles. The normalized spacial score (nSPS) is 18.4. The molecule has 0 unspecified atom stereocenters. The molecule has 1 atom stereocenters. The monoisotopic (exact) mass is 302 g/mol. The first-order chi connectivity index (χ1) is 10.8. The average Bonchev–Trinajstić information content (AvgIpc) is 3.08. The Labute approximate surface area is 128 Å². The van der Waals surface area contributed by atoms with Crippen molar-refractivity contribution in [2.45, 2.75) is 25.8 Å². The van der Waals surface area contributed by atoms with Crippen LogP contribution in [-0.4, -0.2) is 51.6 Å². The highest BCUT2D eigenvalue weighted by Gasteiger charge is 2.29. The SMILES string of the molecule is Cc1nccnc1CC[C@@H]1COCCN1C(=O)c1cnco1. The van der Waals surface area contributed by atoms with Gasteiger partial charge in [0, 0.05) is 18.9 Å². The first-order valence-electron chi connectivity index (χ1n) is 7.29. The van der Waals surface area contributed by atoms with Gasteiger partial charge in [0.25, 0.3) is 5.91 Å². The lowest BCUT2D eigenvalue weighted by Crippen LogP contribution is -2.48. The van der Waals surface area contributed by atoms with E-state index in [0.29, 0.717) is 19.8 Å². The zero-order chi connectivity index (χ0) is 15.4. The van der Waals surface area contributed by atoms with Crippen molar-refractivity contribution in [1.29, 1.82) is 0 Å². The summed E-state index contributed by atoms with van der Waals surface area (Å²) in [7, 11) is 0. The fourth-order valence-corrected chi connectivity index (χ4v) is 2.61. The summed E-state index contributed by atoms with van der Waals surface area (Å²) in [5.41, 5.74) is 1.88. The molecule has 2 aromatic heterocycles. The van der Waals surface area contributed by atoms with Crippen molar-refractivity contribution >= 4 is 5.91 Å². The second-order valence-corrected chi connectivity index (χ2v) is 5.22. The zero-order valence-electron chi connectivity index (χ0n) is 12.4. The molecule has 1 fully saturated rings. The second-order valence-electron chi connectivity index (χ2n) is 5.22. The number of oxazole rings is 1. The Morgan fingerprint density at radius 2 is 2.27 bits per heavy atom. The van der Waals surface area contributed by atoms with Crippen molar-refractivity contribution in [3.8, 4) is 0 Å².